The molecule has 0 fully saturated rings. The zero-order valence-electron chi connectivity index (χ0n) is 14.8. The Morgan fingerprint density at radius 2 is 1.70 bits per heavy atom. The van der Waals surface area contributed by atoms with Gasteiger partial charge in [-0.15, -0.1) is 0 Å². The van der Waals surface area contributed by atoms with Crippen LogP contribution < -0.4 is 0 Å². The fourth-order valence-electron chi connectivity index (χ4n) is 2.92. The Hall–Kier alpha value is -2.08. The van der Waals surface area contributed by atoms with Crippen molar-refractivity contribution in [2.24, 2.45) is 5.92 Å². The fourth-order valence-corrected chi connectivity index (χ4v) is 2.92. The molecule has 0 radical (unpaired) electrons. The first-order valence-corrected chi connectivity index (χ1v) is 8.75. The molecule has 1 aromatic carbocycles. The van der Waals surface area contributed by atoms with Crippen LogP contribution in [-0.2, 0) is 0 Å². The lowest BCUT2D eigenvalue weighted by Crippen LogP contribution is -1.93. The van der Waals surface area contributed by atoms with Crippen LogP contribution in [0.1, 0.15) is 50.3 Å². The molecule has 1 atom stereocenters. The average Bonchev–Trinajstić information content (AvgIpc) is 2.73. The van der Waals surface area contributed by atoms with Gasteiger partial charge >= 0.3 is 0 Å². The van der Waals surface area contributed by atoms with Crippen LogP contribution in [0.3, 0.4) is 0 Å². The van der Waals surface area contributed by atoms with Gasteiger partial charge in [0.2, 0.25) is 0 Å². The first-order valence-electron chi connectivity index (χ1n) is 8.75. The van der Waals surface area contributed by atoms with Crippen molar-refractivity contribution in [3.8, 4) is 0 Å². The topological polar surface area (TPSA) is 0 Å². The number of aryl methyl sites for hydroxylation is 1. The SMILES string of the molecule is CC.Cc1ccc2c(c1)C1=C(CC=C2)C/C=C\C=C/C(C)/C=C\1. The van der Waals surface area contributed by atoms with Gasteiger partial charge in [-0.25, -0.2) is 0 Å². The van der Waals surface area contributed by atoms with Crippen LogP contribution in [0.2, 0.25) is 0 Å². The molecule has 3 rings (SSSR count). The van der Waals surface area contributed by atoms with E-state index in [0.29, 0.717) is 5.92 Å². The number of hydrogen-bond acceptors (Lipinski definition) is 0. The van der Waals surface area contributed by atoms with Gasteiger partial charge in [0.25, 0.3) is 0 Å². The monoisotopic (exact) mass is 304 g/mol. The van der Waals surface area contributed by atoms with Crippen molar-refractivity contribution >= 4 is 11.6 Å². The highest BCUT2D eigenvalue weighted by Crippen LogP contribution is 2.33. The molecule has 1 unspecified atom stereocenters. The molecule has 0 bridgehead atoms. The van der Waals surface area contributed by atoms with Gasteiger partial charge in [-0.1, -0.05) is 98.7 Å². The zero-order valence-corrected chi connectivity index (χ0v) is 14.8. The summed E-state index contributed by atoms with van der Waals surface area (Å²) in [6, 6.07) is 6.76. The maximum absolute atomic E-state index is 2.33. The normalized spacial score (nSPS) is 23.6. The van der Waals surface area contributed by atoms with Crippen molar-refractivity contribution in [1.82, 2.24) is 0 Å². The molecule has 0 saturated carbocycles. The van der Waals surface area contributed by atoms with Gasteiger partial charge in [0, 0.05) is 0 Å². The largest absolute Gasteiger partial charge is 0.0804 e. The summed E-state index contributed by atoms with van der Waals surface area (Å²) in [5, 5.41) is 0. The Balaban J connectivity index is 0.000000924. The second-order valence-corrected chi connectivity index (χ2v) is 5.95. The molecule has 0 saturated heterocycles. The van der Waals surface area contributed by atoms with Gasteiger partial charge in [-0.3, -0.25) is 0 Å². The summed E-state index contributed by atoms with van der Waals surface area (Å²) in [5.41, 5.74) is 6.95. The molecule has 0 aliphatic heterocycles. The second kappa shape index (κ2) is 8.53. The minimum absolute atomic E-state index is 0.464. The predicted octanol–water partition coefficient (Wildman–Crippen LogP) is 6.90. The van der Waals surface area contributed by atoms with Crippen LogP contribution in [0, 0.1) is 12.8 Å². The lowest BCUT2D eigenvalue weighted by atomic mass is 9.92. The molecule has 0 spiro atoms. The fraction of sp³-hybridized carbons (Fsp3) is 0.304. The van der Waals surface area contributed by atoms with E-state index in [1.807, 2.05) is 13.8 Å². The summed E-state index contributed by atoms with van der Waals surface area (Å²) in [7, 11) is 0. The number of allylic oxidation sites excluding steroid dienone is 9. The van der Waals surface area contributed by atoms with Crippen molar-refractivity contribution in [2.75, 3.05) is 0 Å². The molecule has 0 N–H and O–H groups in total. The number of hydrogen-bond donors (Lipinski definition) is 0. The van der Waals surface area contributed by atoms with Crippen molar-refractivity contribution in [3.05, 3.63) is 83.0 Å². The van der Waals surface area contributed by atoms with E-state index in [1.165, 1.54) is 27.8 Å². The summed E-state index contributed by atoms with van der Waals surface area (Å²) >= 11 is 0. The van der Waals surface area contributed by atoms with E-state index in [0.717, 1.165) is 12.8 Å². The van der Waals surface area contributed by atoms with E-state index in [1.54, 1.807) is 0 Å². The molecule has 0 heterocycles. The number of rotatable bonds is 0. The molecule has 0 nitrogen and oxygen atoms in total. The maximum atomic E-state index is 2.33. The predicted molar refractivity (Wildman–Crippen MR) is 104 cm³/mol. The minimum Gasteiger partial charge on any atom is -0.0804 e. The molecular weight excluding hydrogens is 276 g/mol. The Labute approximate surface area is 141 Å². The molecule has 0 aromatic heterocycles. The van der Waals surface area contributed by atoms with Crippen LogP contribution in [0.5, 0.6) is 0 Å². The standard InChI is InChI=1S/C21H22.C2H6/c1-16-7-4-3-5-8-18-9-6-10-19-13-11-17(2)15-21(19)20(18)14-12-16;1-2/h3-7,10-16H,8-9H2,1-2H3;1-2H3/b5-3-,7-4-,14-12-;. The van der Waals surface area contributed by atoms with E-state index in [2.05, 4.69) is 80.7 Å². The Morgan fingerprint density at radius 3 is 2.52 bits per heavy atom. The quantitative estimate of drug-likeness (QED) is 0.489. The summed E-state index contributed by atoms with van der Waals surface area (Å²) in [6.07, 6.45) is 20.1. The van der Waals surface area contributed by atoms with E-state index in [9.17, 15) is 0 Å². The molecule has 120 valence electrons. The van der Waals surface area contributed by atoms with Gasteiger partial charge < -0.3 is 0 Å². The number of fused-ring (bicyclic) bond motifs is 2. The third-order valence-electron chi connectivity index (χ3n) is 4.13. The Kier molecular flexibility index (Phi) is 6.40. The van der Waals surface area contributed by atoms with Crippen LogP contribution in [0.25, 0.3) is 11.6 Å². The highest BCUT2D eigenvalue weighted by atomic mass is 14.2. The molecule has 2 aliphatic carbocycles. The van der Waals surface area contributed by atoms with Crippen LogP contribution in [0.15, 0.2) is 66.3 Å². The molecule has 2 aliphatic rings. The van der Waals surface area contributed by atoms with E-state index in [-0.39, 0.29) is 0 Å². The first kappa shape index (κ1) is 17.3. The van der Waals surface area contributed by atoms with Crippen LogP contribution in [-0.4, -0.2) is 0 Å². The molecule has 23 heavy (non-hydrogen) atoms. The van der Waals surface area contributed by atoms with E-state index >= 15 is 0 Å². The minimum atomic E-state index is 0.464. The van der Waals surface area contributed by atoms with Gasteiger partial charge in [0.1, 0.15) is 0 Å². The molecule has 0 heteroatoms. The third kappa shape index (κ3) is 4.45. The summed E-state index contributed by atoms with van der Waals surface area (Å²) in [4.78, 5) is 0. The zero-order chi connectivity index (χ0) is 16.7. The van der Waals surface area contributed by atoms with E-state index in [4.69, 9.17) is 0 Å². The van der Waals surface area contributed by atoms with Gasteiger partial charge in [0.15, 0.2) is 0 Å². The van der Waals surface area contributed by atoms with Crippen molar-refractivity contribution < 1.29 is 0 Å². The lowest BCUT2D eigenvalue weighted by Gasteiger charge is -2.13. The van der Waals surface area contributed by atoms with Gasteiger partial charge in [-0.05, 0) is 42.4 Å². The molecular formula is C23H28. The maximum Gasteiger partial charge on any atom is -0.00754 e. The van der Waals surface area contributed by atoms with Crippen molar-refractivity contribution in [3.63, 3.8) is 0 Å². The summed E-state index contributed by atoms with van der Waals surface area (Å²) < 4.78 is 0. The van der Waals surface area contributed by atoms with E-state index < -0.39 is 0 Å². The smallest absolute Gasteiger partial charge is 0.00754 e. The summed E-state index contributed by atoms with van der Waals surface area (Å²) in [5.74, 6) is 0.464. The van der Waals surface area contributed by atoms with Crippen LogP contribution >= 0.6 is 0 Å². The lowest BCUT2D eigenvalue weighted by molar-refractivity contribution is 0.939. The second-order valence-electron chi connectivity index (χ2n) is 5.95. The Bertz CT molecular complexity index is 678. The summed E-state index contributed by atoms with van der Waals surface area (Å²) in [6.45, 7) is 8.40. The van der Waals surface area contributed by atoms with Gasteiger partial charge in [-0.2, -0.15) is 0 Å². The third-order valence-corrected chi connectivity index (χ3v) is 4.13. The molecule has 1 aromatic rings. The van der Waals surface area contributed by atoms with Gasteiger partial charge in [0.05, 0.1) is 0 Å². The first-order chi connectivity index (χ1) is 11.2. The average molecular weight is 304 g/mol. The molecule has 0 amide bonds. The van der Waals surface area contributed by atoms with Crippen molar-refractivity contribution in [1.29, 1.82) is 0 Å². The van der Waals surface area contributed by atoms with Crippen LogP contribution in [0.4, 0.5) is 0 Å². The highest BCUT2D eigenvalue weighted by molar-refractivity contribution is 5.84. The Morgan fingerprint density at radius 1 is 0.913 bits per heavy atom. The number of benzene rings is 1. The highest BCUT2D eigenvalue weighted by Gasteiger charge is 2.12. The van der Waals surface area contributed by atoms with Crippen molar-refractivity contribution in [2.45, 2.75) is 40.5 Å².